The molecule has 0 spiro atoms. The summed E-state index contributed by atoms with van der Waals surface area (Å²) in [6.45, 7) is 2.95. The number of aromatic nitrogens is 2. The lowest BCUT2D eigenvalue weighted by Gasteiger charge is -2.12. The van der Waals surface area contributed by atoms with Crippen LogP contribution in [0.2, 0.25) is 0 Å². The first-order chi connectivity index (χ1) is 16.2. The van der Waals surface area contributed by atoms with Gasteiger partial charge in [0.25, 0.3) is 0 Å². The topological polar surface area (TPSA) is 59.4 Å². The molecule has 5 rings (SSSR count). The van der Waals surface area contributed by atoms with Gasteiger partial charge in [-0.05, 0) is 73.9 Å². The maximum absolute atomic E-state index is 6.00. The number of benzene rings is 3. The van der Waals surface area contributed by atoms with Gasteiger partial charge >= 0.3 is 0 Å². The molecular formula is C28H24N4O. The summed E-state index contributed by atoms with van der Waals surface area (Å²) in [7, 11) is 0. The van der Waals surface area contributed by atoms with E-state index in [0.717, 1.165) is 64.4 Å². The predicted octanol–water partition coefficient (Wildman–Crippen LogP) is 6.31. The zero-order valence-electron chi connectivity index (χ0n) is 18.5. The number of nitrogens with one attached hydrogen (secondary N) is 1. The molecule has 0 aliphatic carbocycles. The fraction of sp³-hybridized carbons (Fsp3) is 0.179. The summed E-state index contributed by atoms with van der Waals surface area (Å²) in [4.78, 5) is 13.3. The molecule has 1 N–H and O–H groups in total. The average Bonchev–Trinajstić information content (AvgIpc) is 2.86. The number of rotatable bonds is 4. The number of hydrogen-bond donors (Lipinski definition) is 1. The second-order valence-corrected chi connectivity index (χ2v) is 8.05. The molecule has 0 saturated heterocycles. The van der Waals surface area contributed by atoms with E-state index in [2.05, 4.69) is 38.2 Å². The van der Waals surface area contributed by atoms with E-state index in [0.29, 0.717) is 0 Å². The van der Waals surface area contributed by atoms with E-state index in [9.17, 15) is 0 Å². The summed E-state index contributed by atoms with van der Waals surface area (Å²) in [5.74, 6) is 9.25. The van der Waals surface area contributed by atoms with E-state index < -0.39 is 0 Å². The first-order valence-corrected chi connectivity index (χ1v) is 11.1. The first-order valence-electron chi connectivity index (χ1n) is 11.1. The van der Waals surface area contributed by atoms with Gasteiger partial charge in [-0.1, -0.05) is 30.0 Å². The molecule has 0 radical (unpaired) electrons. The van der Waals surface area contributed by atoms with E-state index in [1.54, 1.807) is 6.33 Å². The van der Waals surface area contributed by atoms with Crippen LogP contribution in [-0.2, 0) is 0 Å². The third kappa shape index (κ3) is 5.02. The van der Waals surface area contributed by atoms with E-state index in [1.807, 2.05) is 73.8 Å². The van der Waals surface area contributed by atoms with Crippen LogP contribution < -0.4 is 10.1 Å². The van der Waals surface area contributed by atoms with Crippen LogP contribution in [0.25, 0.3) is 10.9 Å². The fourth-order valence-electron chi connectivity index (χ4n) is 3.79. The van der Waals surface area contributed by atoms with Crippen LogP contribution in [0.1, 0.15) is 24.0 Å². The molecule has 1 atom stereocenters. The summed E-state index contributed by atoms with van der Waals surface area (Å²) in [5.41, 5.74) is 3.78. The molecule has 4 aromatic rings. The predicted molar refractivity (Wildman–Crippen MR) is 133 cm³/mol. The minimum Gasteiger partial charge on any atom is -0.457 e. The molecule has 5 heteroatoms. The summed E-state index contributed by atoms with van der Waals surface area (Å²) in [6, 6.07) is 21.8. The standard InChI is InChI=1S/C28H24N4O/c1-20-16-23(12-14-27(20)33-24-7-3-2-4-8-24)32-28-25-17-21(11-13-26(25)30-19-31-28)9-10-22-6-5-15-29-18-22/h2-4,7-8,11-14,16-19,22H,5-6,15H2,1H3,(H,30,31,32). The molecule has 0 fully saturated rings. The van der Waals surface area contributed by atoms with Gasteiger partial charge in [-0.25, -0.2) is 9.97 Å². The highest BCUT2D eigenvalue weighted by Gasteiger charge is 2.09. The Morgan fingerprint density at radius 1 is 1.00 bits per heavy atom. The van der Waals surface area contributed by atoms with Crippen LogP contribution in [-0.4, -0.2) is 22.7 Å². The number of aryl methyl sites for hydroxylation is 1. The Kier molecular flexibility index (Phi) is 5.99. The smallest absolute Gasteiger partial charge is 0.141 e. The van der Waals surface area contributed by atoms with Crippen molar-refractivity contribution in [2.24, 2.45) is 10.9 Å². The molecular weight excluding hydrogens is 408 g/mol. The third-order valence-electron chi connectivity index (χ3n) is 5.53. The maximum Gasteiger partial charge on any atom is 0.141 e. The van der Waals surface area contributed by atoms with Gasteiger partial charge in [-0.2, -0.15) is 0 Å². The Balaban J connectivity index is 1.39. The highest BCUT2D eigenvalue weighted by Crippen LogP contribution is 2.30. The largest absolute Gasteiger partial charge is 0.457 e. The monoisotopic (exact) mass is 432 g/mol. The van der Waals surface area contributed by atoms with E-state index in [-0.39, 0.29) is 5.92 Å². The number of aliphatic imine (C=N–C) groups is 1. The molecule has 2 heterocycles. The van der Waals surface area contributed by atoms with Gasteiger partial charge in [0, 0.05) is 29.4 Å². The number of fused-ring (bicyclic) bond motifs is 1. The van der Waals surface area contributed by atoms with E-state index in [4.69, 9.17) is 4.74 Å². The molecule has 5 nitrogen and oxygen atoms in total. The molecule has 1 unspecified atom stereocenters. The molecule has 3 aromatic carbocycles. The summed E-state index contributed by atoms with van der Waals surface area (Å²) < 4.78 is 6.00. The fourth-order valence-corrected chi connectivity index (χ4v) is 3.79. The Morgan fingerprint density at radius 3 is 2.73 bits per heavy atom. The Morgan fingerprint density at radius 2 is 1.91 bits per heavy atom. The minimum absolute atomic E-state index is 0.235. The molecule has 33 heavy (non-hydrogen) atoms. The van der Waals surface area contributed by atoms with Gasteiger partial charge in [-0.15, -0.1) is 0 Å². The van der Waals surface area contributed by atoms with Gasteiger partial charge in [0.1, 0.15) is 23.6 Å². The number of para-hydroxylation sites is 1. The molecule has 1 aliphatic heterocycles. The van der Waals surface area contributed by atoms with Crippen molar-refractivity contribution in [3.8, 4) is 23.3 Å². The Hall–Kier alpha value is -4.17. The number of ether oxygens (including phenoxy) is 1. The van der Waals surface area contributed by atoms with Crippen molar-refractivity contribution in [3.63, 3.8) is 0 Å². The number of anilines is 2. The van der Waals surface area contributed by atoms with Crippen molar-refractivity contribution < 1.29 is 4.74 Å². The molecule has 0 amide bonds. The first kappa shape index (κ1) is 20.7. The average molecular weight is 433 g/mol. The third-order valence-corrected chi connectivity index (χ3v) is 5.53. The molecule has 0 saturated carbocycles. The van der Waals surface area contributed by atoms with Gasteiger partial charge < -0.3 is 10.1 Å². The van der Waals surface area contributed by atoms with Crippen molar-refractivity contribution >= 4 is 28.6 Å². The van der Waals surface area contributed by atoms with Gasteiger partial charge in [0.05, 0.1) is 11.4 Å². The van der Waals surface area contributed by atoms with Crippen molar-refractivity contribution in [3.05, 3.63) is 84.2 Å². The van der Waals surface area contributed by atoms with Gasteiger partial charge in [-0.3, -0.25) is 4.99 Å². The van der Waals surface area contributed by atoms with E-state index in [1.165, 1.54) is 0 Å². The quantitative estimate of drug-likeness (QED) is 0.384. The lowest BCUT2D eigenvalue weighted by molar-refractivity contribution is 0.479. The van der Waals surface area contributed by atoms with Crippen LogP contribution in [0, 0.1) is 24.7 Å². The molecule has 0 bridgehead atoms. The van der Waals surface area contributed by atoms with Crippen molar-refractivity contribution in [2.75, 3.05) is 11.9 Å². The highest BCUT2D eigenvalue weighted by atomic mass is 16.5. The second-order valence-electron chi connectivity index (χ2n) is 8.05. The van der Waals surface area contributed by atoms with Crippen LogP contribution in [0.4, 0.5) is 11.5 Å². The van der Waals surface area contributed by atoms with E-state index >= 15 is 0 Å². The highest BCUT2D eigenvalue weighted by molar-refractivity contribution is 5.91. The maximum atomic E-state index is 6.00. The number of nitrogens with zero attached hydrogens (tertiary/aromatic N) is 3. The summed E-state index contributed by atoms with van der Waals surface area (Å²) >= 11 is 0. The number of hydrogen-bond acceptors (Lipinski definition) is 5. The lowest BCUT2D eigenvalue weighted by atomic mass is 10.0. The zero-order chi connectivity index (χ0) is 22.5. The van der Waals surface area contributed by atoms with Crippen LogP contribution in [0.15, 0.2) is 78.0 Å². The van der Waals surface area contributed by atoms with Crippen LogP contribution >= 0.6 is 0 Å². The Labute approximate surface area is 193 Å². The minimum atomic E-state index is 0.235. The van der Waals surface area contributed by atoms with Crippen molar-refractivity contribution in [1.29, 1.82) is 0 Å². The van der Waals surface area contributed by atoms with Crippen LogP contribution in [0.5, 0.6) is 11.5 Å². The zero-order valence-corrected chi connectivity index (χ0v) is 18.5. The van der Waals surface area contributed by atoms with Crippen molar-refractivity contribution in [2.45, 2.75) is 19.8 Å². The SMILES string of the molecule is Cc1cc(Nc2ncnc3ccc(C#CC4C=NCCC4)cc23)ccc1Oc1ccccc1. The van der Waals surface area contributed by atoms with Gasteiger partial charge in [0.15, 0.2) is 0 Å². The summed E-state index contributed by atoms with van der Waals surface area (Å²) in [5, 5.41) is 4.37. The normalized spacial score (nSPS) is 15.0. The molecule has 1 aliphatic rings. The molecule has 162 valence electrons. The van der Waals surface area contributed by atoms with Gasteiger partial charge in [0.2, 0.25) is 0 Å². The van der Waals surface area contributed by atoms with Crippen molar-refractivity contribution in [1.82, 2.24) is 9.97 Å². The van der Waals surface area contributed by atoms with Crippen LogP contribution in [0.3, 0.4) is 0 Å². The lowest BCUT2D eigenvalue weighted by Crippen LogP contribution is -2.05. The second kappa shape index (κ2) is 9.54. The summed E-state index contributed by atoms with van der Waals surface area (Å²) in [6.07, 6.45) is 5.72. The Bertz CT molecular complexity index is 1370. The molecule has 1 aromatic heterocycles.